The fraction of sp³-hybridized carbons (Fsp3) is 0.304. The van der Waals surface area contributed by atoms with Gasteiger partial charge in [0.25, 0.3) is 0 Å². The average molecular weight is 395 g/mol. The molecule has 1 saturated heterocycles. The minimum Gasteiger partial charge on any atom is -0.371 e. The van der Waals surface area contributed by atoms with Crippen LogP contribution < -0.4 is 0 Å². The van der Waals surface area contributed by atoms with Crippen molar-refractivity contribution in [3.63, 3.8) is 0 Å². The van der Waals surface area contributed by atoms with Crippen LogP contribution in [0.25, 0.3) is 22.5 Å². The predicted octanol–water partition coefficient (Wildman–Crippen LogP) is 5.38. The zero-order valence-electron chi connectivity index (χ0n) is 16.3. The SMILES string of the molecule is C[C](C)CN1CCO[C@@H](c2ccc(-c3cc(-c4cccc(Cl)c4)[nH]n3)cc2)C1. The zero-order chi connectivity index (χ0) is 19.5. The van der Waals surface area contributed by atoms with Gasteiger partial charge in [-0.3, -0.25) is 10.00 Å². The van der Waals surface area contributed by atoms with Gasteiger partial charge in [0.15, 0.2) is 0 Å². The lowest BCUT2D eigenvalue weighted by atomic mass is 10.0. The Morgan fingerprint density at radius 2 is 1.96 bits per heavy atom. The average Bonchev–Trinajstić information content (AvgIpc) is 3.18. The van der Waals surface area contributed by atoms with Gasteiger partial charge in [-0.25, -0.2) is 0 Å². The van der Waals surface area contributed by atoms with E-state index < -0.39 is 0 Å². The first-order chi connectivity index (χ1) is 13.6. The normalized spacial score (nSPS) is 17.9. The van der Waals surface area contributed by atoms with Crippen molar-refractivity contribution in [1.29, 1.82) is 0 Å². The van der Waals surface area contributed by atoms with E-state index in [0.29, 0.717) is 0 Å². The molecule has 4 rings (SSSR count). The molecule has 1 aliphatic rings. The van der Waals surface area contributed by atoms with Crippen molar-refractivity contribution in [3.05, 3.63) is 71.1 Å². The third kappa shape index (κ3) is 4.46. The van der Waals surface area contributed by atoms with Crippen molar-refractivity contribution in [2.45, 2.75) is 20.0 Å². The molecule has 2 aromatic carbocycles. The van der Waals surface area contributed by atoms with E-state index in [4.69, 9.17) is 16.3 Å². The zero-order valence-corrected chi connectivity index (χ0v) is 17.0. The van der Waals surface area contributed by atoms with Crippen LogP contribution in [-0.2, 0) is 4.74 Å². The van der Waals surface area contributed by atoms with E-state index in [-0.39, 0.29) is 6.10 Å². The topological polar surface area (TPSA) is 41.1 Å². The van der Waals surface area contributed by atoms with Crippen molar-refractivity contribution in [3.8, 4) is 22.5 Å². The number of H-pyrrole nitrogens is 1. The first kappa shape index (κ1) is 19.2. The lowest BCUT2D eigenvalue weighted by Crippen LogP contribution is -2.39. The second kappa shape index (κ2) is 8.48. The molecule has 0 unspecified atom stereocenters. The van der Waals surface area contributed by atoms with Crippen LogP contribution in [0.1, 0.15) is 25.5 Å². The summed E-state index contributed by atoms with van der Waals surface area (Å²) in [5, 5.41) is 8.29. The minimum absolute atomic E-state index is 0.128. The van der Waals surface area contributed by atoms with E-state index >= 15 is 0 Å². The number of aromatic nitrogens is 2. The van der Waals surface area contributed by atoms with Crippen molar-refractivity contribution < 1.29 is 4.74 Å². The van der Waals surface area contributed by atoms with E-state index in [2.05, 4.69) is 59.3 Å². The molecule has 0 spiro atoms. The van der Waals surface area contributed by atoms with Crippen LogP contribution >= 0.6 is 11.6 Å². The first-order valence-corrected chi connectivity index (χ1v) is 10.0. The fourth-order valence-electron chi connectivity index (χ4n) is 3.64. The van der Waals surface area contributed by atoms with Gasteiger partial charge < -0.3 is 4.74 Å². The van der Waals surface area contributed by atoms with E-state index in [0.717, 1.165) is 53.8 Å². The molecule has 0 aliphatic carbocycles. The molecule has 1 atom stereocenters. The highest BCUT2D eigenvalue weighted by Crippen LogP contribution is 2.28. The number of nitrogens with one attached hydrogen (secondary N) is 1. The van der Waals surface area contributed by atoms with Gasteiger partial charge in [0.05, 0.1) is 24.1 Å². The summed E-state index contributed by atoms with van der Waals surface area (Å²) < 4.78 is 6.01. The standard InChI is InChI=1S/C23H25ClN3O/c1-16(2)14-27-10-11-28-23(15-27)18-8-6-17(7-9-18)21-13-22(26-25-21)19-4-3-5-20(24)12-19/h3-9,12-13,23H,10-11,14-15H2,1-2H3,(H,25,26)/t23-/m1/s1. The number of benzene rings is 2. The highest BCUT2D eigenvalue weighted by atomic mass is 35.5. The van der Waals surface area contributed by atoms with E-state index in [1.54, 1.807) is 0 Å². The van der Waals surface area contributed by atoms with Gasteiger partial charge in [-0.05, 0) is 29.7 Å². The van der Waals surface area contributed by atoms with Crippen LogP contribution in [0, 0.1) is 5.92 Å². The lowest BCUT2D eigenvalue weighted by molar-refractivity contribution is -0.0283. The third-order valence-corrected chi connectivity index (χ3v) is 5.22. The van der Waals surface area contributed by atoms with Crippen LogP contribution in [0.4, 0.5) is 0 Å². The summed E-state index contributed by atoms with van der Waals surface area (Å²) in [5.41, 5.74) is 5.20. The summed E-state index contributed by atoms with van der Waals surface area (Å²) >= 11 is 6.10. The van der Waals surface area contributed by atoms with Gasteiger partial charge in [0.2, 0.25) is 0 Å². The number of aromatic amines is 1. The maximum Gasteiger partial charge on any atom is 0.0952 e. The number of hydrogen-bond acceptors (Lipinski definition) is 3. The Hall–Kier alpha value is -2.14. The molecule has 5 heteroatoms. The molecule has 0 saturated carbocycles. The Morgan fingerprint density at radius 1 is 1.14 bits per heavy atom. The molecule has 0 bridgehead atoms. The molecule has 145 valence electrons. The number of nitrogens with zero attached hydrogens (tertiary/aromatic N) is 2. The monoisotopic (exact) mass is 394 g/mol. The summed E-state index contributed by atoms with van der Waals surface area (Å²) in [5.74, 6) is 1.44. The van der Waals surface area contributed by atoms with Crippen LogP contribution in [0.2, 0.25) is 5.02 Å². The molecule has 3 aromatic rings. The molecule has 1 aliphatic heterocycles. The number of halogens is 1. The molecule has 2 heterocycles. The largest absolute Gasteiger partial charge is 0.371 e. The summed E-state index contributed by atoms with van der Waals surface area (Å²) in [6, 6.07) is 18.4. The summed E-state index contributed by atoms with van der Waals surface area (Å²) in [4.78, 5) is 2.46. The molecule has 1 fully saturated rings. The van der Waals surface area contributed by atoms with Gasteiger partial charge in [0.1, 0.15) is 0 Å². The highest BCUT2D eigenvalue weighted by Gasteiger charge is 2.22. The van der Waals surface area contributed by atoms with Gasteiger partial charge in [0, 0.05) is 35.8 Å². The number of ether oxygens (including phenoxy) is 1. The van der Waals surface area contributed by atoms with Crippen molar-refractivity contribution >= 4 is 11.6 Å². The Morgan fingerprint density at radius 3 is 2.71 bits per heavy atom. The van der Waals surface area contributed by atoms with Crippen LogP contribution in [-0.4, -0.2) is 41.3 Å². The first-order valence-electron chi connectivity index (χ1n) is 9.63. The van der Waals surface area contributed by atoms with Gasteiger partial charge in [-0.1, -0.05) is 61.8 Å². The second-order valence-electron chi connectivity index (χ2n) is 7.60. The molecule has 1 radical (unpaired) electrons. The predicted molar refractivity (Wildman–Crippen MR) is 114 cm³/mol. The Labute approximate surface area is 171 Å². The molecule has 1 N–H and O–H groups in total. The summed E-state index contributed by atoms with van der Waals surface area (Å²) in [6.45, 7) is 8.12. The molecular formula is C23H25ClN3O. The van der Waals surface area contributed by atoms with Crippen LogP contribution in [0.15, 0.2) is 54.6 Å². The summed E-state index contributed by atoms with van der Waals surface area (Å²) in [6.07, 6.45) is 0.128. The van der Waals surface area contributed by atoms with Gasteiger partial charge in [-0.2, -0.15) is 5.10 Å². The smallest absolute Gasteiger partial charge is 0.0952 e. The lowest BCUT2D eigenvalue weighted by Gasteiger charge is -2.34. The Bertz CT molecular complexity index is 920. The van der Waals surface area contributed by atoms with Crippen molar-refractivity contribution in [2.24, 2.45) is 0 Å². The van der Waals surface area contributed by atoms with Crippen LogP contribution in [0.5, 0.6) is 0 Å². The highest BCUT2D eigenvalue weighted by molar-refractivity contribution is 6.30. The number of rotatable bonds is 5. The third-order valence-electron chi connectivity index (χ3n) is 4.98. The number of hydrogen-bond donors (Lipinski definition) is 1. The molecule has 28 heavy (non-hydrogen) atoms. The molecular weight excluding hydrogens is 370 g/mol. The fourth-order valence-corrected chi connectivity index (χ4v) is 3.83. The van der Waals surface area contributed by atoms with Crippen molar-refractivity contribution in [1.82, 2.24) is 15.1 Å². The maximum absolute atomic E-state index is 6.10. The van der Waals surface area contributed by atoms with Crippen molar-refractivity contribution in [2.75, 3.05) is 26.2 Å². The quantitative estimate of drug-likeness (QED) is 0.631. The minimum atomic E-state index is 0.128. The van der Waals surface area contributed by atoms with Gasteiger partial charge >= 0.3 is 0 Å². The van der Waals surface area contributed by atoms with Gasteiger partial charge in [-0.15, -0.1) is 0 Å². The van der Waals surface area contributed by atoms with E-state index in [1.165, 1.54) is 11.5 Å². The Kier molecular flexibility index (Phi) is 5.81. The second-order valence-corrected chi connectivity index (χ2v) is 8.04. The molecule has 4 nitrogen and oxygen atoms in total. The Balaban J connectivity index is 1.48. The molecule has 0 amide bonds. The molecule has 1 aromatic heterocycles. The maximum atomic E-state index is 6.10. The van der Waals surface area contributed by atoms with E-state index in [1.807, 2.05) is 24.3 Å². The van der Waals surface area contributed by atoms with Crippen LogP contribution in [0.3, 0.4) is 0 Å². The van der Waals surface area contributed by atoms with E-state index in [9.17, 15) is 0 Å². The summed E-state index contributed by atoms with van der Waals surface area (Å²) in [7, 11) is 0. The number of morpholine rings is 1.